The summed E-state index contributed by atoms with van der Waals surface area (Å²) in [4.78, 5) is 33.8. The van der Waals surface area contributed by atoms with Gasteiger partial charge in [-0.1, -0.05) is 136 Å². The fraction of sp³-hybridized carbons (Fsp3) is 0.202. The van der Waals surface area contributed by atoms with Gasteiger partial charge in [0.25, 0.3) is 5.91 Å². The molecule has 13 rings (SSSR count). The fourth-order valence-electron chi connectivity index (χ4n) is 12.4. The molecule has 13 aromatic rings. The zero-order valence-corrected chi connectivity index (χ0v) is 70.0. The molecule has 0 aliphatic carbocycles. The number of primary sulfonamides is 4. The number of rotatable bonds is 25. The Bertz CT molecular complexity index is 6180. The zero-order chi connectivity index (χ0) is 85.6. The number of carbonyl (C=O) groups is 1. The van der Waals surface area contributed by atoms with Crippen molar-refractivity contribution >= 4 is 61.9 Å². The topological polar surface area (TPSA) is 345 Å². The van der Waals surface area contributed by atoms with Crippen LogP contribution >= 0.6 is 15.9 Å². The smallest absolute Gasteiger partial charge is 0.383 e. The van der Waals surface area contributed by atoms with Crippen molar-refractivity contribution in [2.24, 2.45) is 20.6 Å². The standard InChI is InChI=1S/C26H27FN4O2S.C22H26N4O4S.C18H18BrN3O2S.C18H15F4N3O2S/c1-30(16-15-20-7-3-2-4-8-20)18-23-19-31(17-22-9-5-6-10-25(22)27)26(29-23)21-11-13-24(14-12-21)34(28,32)33;1-16-5-4-6-17(13-16)14-26-15-20(22(27)25(2)11-12-30-3)24-21(26)18-7-9-19(10-8-18)31(23,28)29;1-12-13(2)22(11-14-3-7-16(19)8-4-14)18(21-12)15-5-9-17(10-6-15)25(20,23)24;1-11-3-2-4-12(7-11)9-25-10-16(18(20,21)22)24-17(25)14-6-5-13(8-15(14)19)28(23,26)27/h2-14,19H,15-18H2,1H3,(H2,28,32,33);4-10,13,15H,11-12,14H2,1-3H3,(H2,23,28,29);3-10H,11H2,1-2H3,(H2,20,23,24);2-8,10H,9H2,1H3,(H2,23,26,27). The number of hydrogen-bond donors (Lipinski definition) is 4. The molecule has 8 N–H and O–H groups in total. The van der Waals surface area contributed by atoms with E-state index in [1.54, 1.807) is 98.1 Å². The third kappa shape index (κ3) is 24.3. The monoisotopic (exact) mass is 1750 g/mol. The number of halogens is 6. The van der Waals surface area contributed by atoms with Gasteiger partial charge >= 0.3 is 6.18 Å². The Morgan fingerprint density at radius 2 is 0.958 bits per heavy atom. The zero-order valence-electron chi connectivity index (χ0n) is 65.1. The third-order valence-corrected chi connectivity index (χ3v) is 22.9. The van der Waals surface area contributed by atoms with Gasteiger partial charge < -0.3 is 32.8 Å². The minimum Gasteiger partial charge on any atom is -0.383 e. The van der Waals surface area contributed by atoms with E-state index in [4.69, 9.17) is 30.3 Å². The van der Waals surface area contributed by atoms with Crippen molar-refractivity contribution in [1.82, 2.24) is 48.0 Å². The first-order valence-electron chi connectivity index (χ1n) is 36.3. The molecule has 0 bridgehead atoms. The van der Waals surface area contributed by atoms with Crippen LogP contribution in [0.15, 0.2) is 261 Å². The Morgan fingerprint density at radius 3 is 1.46 bits per heavy atom. The van der Waals surface area contributed by atoms with E-state index in [1.165, 1.54) is 52.6 Å². The van der Waals surface area contributed by atoms with E-state index < -0.39 is 62.7 Å². The van der Waals surface area contributed by atoms with Crippen LogP contribution in [0, 0.1) is 39.3 Å². The summed E-state index contributed by atoms with van der Waals surface area (Å²) >= 11 is 3.44. The summed E-state index contributed by atoms with van der Waals surface area (Å²) < 4.78 is 173. The Morgan fingerprint density at radius 1 is 0.475 bits per heavy atom. The van der Waals surface area contributed by atoms with Crippen LogP contribution < -0.4 is 20.6 Å². The van der Waals surface area contributed by atoms with Gasteiger partial charge in [-0.3, -0.25) is 4.79 Å². The number of aromatic nitrogens is 8. The van der Waals surface area contributed by atoms with E-state index in [2.05, 4.69) is 70.7 Å². The molecule has 118 heavy (non-hydrogen) atoms. The molecule has 0 fully saturated rings. The van der Waals surface area contributed by atoms with E-state index in [0.717, 1.165) is 92.1 Å². The van der Waals surface area contributed by atoms with Crippen LogP contribution in [0.5, 0.6) is 0 Å². The van der Waals surface area contributed by atoms with E-state index in [0.29, 0.717) is 79.4 Å². The van der Waals surface area contributed by atoms with E-state index in [9.17, 15) is 60.4 Å². The first kappa shape index (κ1) is 89.3. The van der Waals surface area contributed by atoms with Gasteiger partial charge in [0.2, 0.25) is 40.1 Å². The number of ether oxygens (including phenoxy) is 1. The van der Waals surface area contributed by atoms with E-state index in [-0.39, 0.29) is 44.3 Å². The largest absolute Gasteiger partial charge is 0.434 e. The molecule has 4 aromatic heterocycles. The average Bonchev–Trinajstić information content (AvgIpc) is 1.64. The molecule has 34 heteroatoms. The Hall–Kier alpha value is -11.0. The molecular formula is C84H86BrF5N14O10S4. The second-order valence-corrected chi connectivity index (χ2v) is 35.0. The number of benzene rings is 9. The summed E-state index contributed by atoms with van der Waals surface area (Å²) in [6.45, 7) is 11.7. The van der Waals surface area contributed by atoms with Crippen LogP contribution in [0.1, 0.15) is 72.2 Å². The first-order valence-corrected chi connectivity index (χ1v) is 43.3. The van der Waals surface area contributed by atoms with E-state index >= 15 is 0 Å². The van der Waals surface area contributed by atoms with Crippen LogP contribution in [0.25, 0.3) is 45.6 Å². The van der Waals surface area contributed by atoms with Gasteiger partial charge in [-0.05, 0) is 173 Å². The van der Waals surface area contributed by atoms with Gasteiger partial charge in [-0.25, -0.2) is 82.9 Å². The number of alkyl halides is 3. The molecule has 618 valence electrons. The highest BCUT2D eigenvalue weighted by atomic mass is 79.9. The summed E-state index contributed by atoms with van der Waals surface area (Å²) in [5.74, 6) is 0.180. The number of aryl methyl sites for hydroxylation is 3. The number of likely N-dealkylation sites (N-methyl/N-ethyl adjacent to an activating group) is 2. The second-order valence-electron chi connectivity index (χ2n) is 27.8. The van der Waals surface area contributed by atoms with Crippen molar-refractivity contribution in [2.45, 2.75) is 92.6 Å². The highest BCUT2D eigenvalue weighted by Gasteiger charge is 2.36. The van der Waals surface area contributed by atoms with Gasteiger partial charge in [0, 0.05) is 104 Å². The Balaban J connectivity index is 0.000000167. The Labute approximate surface area is 690 Å². The van der Waals surface area contributed by atoms with Gasteiger partial charge in [0.15, 0.2) is 5.69 Å². The number of sulfonamides is 4. The fourth-order valence-corrected chi connectivity index (χ4v) is 14.7. The van der Waals surface area contributed by atoms with Crippen LogP contribution in [0.2, 0.25) is 0 Å². The lowest BCUT2D eigenvalue weighted by Crippen LogP contribution is -2.30. The van der Waals surface area contributed by atoms with Crippen LogP contribution in [0.4, 0.5) is 22.0 Å². The number of amides is 1. The minimum absolute atomic E-state index is 0.0173. The van der Waals surface area contributed by atoms with Crippen molar-refractivity contribution in [2.75, 3.05) is 40.9 Å². The second kappa shape index (κ2) is 38.6. The normalized spacial score (nSPS) is 11.8. The van der Waals surface area contributed by atoms with Crippen LogP contribution in [-0.2, 0) is 90.2 Å². The molecule has 24 nitrogen and oxygen atoms in total. The van der Waals surface area contributed by atoms with Crippen molar-refractivity contribution in [3.63, 3.8) is 0 Å². The molecule has 0 atom stereocenters. The summed E-state index contributed by atoms with van der Waals surface area (Å²) in [5.41, 5.74) is 10.8. The Kier molecular flexibility index (Phi) is 29.2. The van der Waals surface area contributed by atoms with Gasteiger partial charge in [-0.2, -0.15) is 13.2 Å². The molecule has 0 aliphatic heterocycles. The SMILES string of the molecule is CN(CCc1ccccc1)Cc1cn(Cc2ccccc2F)c(-c2ccc(S(N)(=O)=O)cc2)n1.COCCN(C)C(=O)c1cn(Cc2cccc(C)c2)c(-c2ccc(S(N)(=O)=O)cc2)n1.Cc1cccc(Cn2cc(C(F)(F)F)nc2-c2ccc(S(N)(=O)=O)cc2F)c1.Cc1nc(-c2ccc(S(N)(=O)=O)cc2)n(Cc2ccc(Br)cc2)c1C. The number of imidazole rings is 4. The molecule has 9 aromatic carbocycles. The molecular weight excluding hydrogens is 1670 g/mol. The maximum absolute atomic E-state index is 14.5. The molecule has 0 saturated heterocycles. The van der Waals surface area contributed by atoms with Crippen molar-refractivity contribution in [3.05, 3.63) is 321 Å². The number of nitrogens with zero attached hydrogens (tertiary/aromatic N) is 10. The van der Waals surface area contributed by atoms with Gasteiger partial charge in [-0.15, -0.1) is 0 Å². The molecule has 0 radical (unpaired) electrons. The highest BCUT2D eigenvalue weighted by Crippen LogP contribution is 2.34. The van der Waals surface area contributed by atoms with E-state index in [1.807, 2.05) is 105 Å². The van der Waals surface area contributed by atoms with Gasteiger partial charge in [0.1, 0.15) is 40.6 Å². The number of methoxy groups -OCH3 is 1. The number of nitrogens with two attached hydrogens (primary N) is 4. The lowest BCUT2D eigenvalue weighted by atomic mass is 10.1. The van der Waals surface area contributed by atoms with Crippen molar-refractivity contribution in [3.8, 4) is 45.6 Å². The van der Waals surface area contributed by atoms with Gasteiger partial charge in [0.05, 0.1) is 49.7 Å². The minimum atomic E-state index is -4.72. The lowest BCUT2D eigenvalue weighted by molar-refractivity contribution is -0.140. The quantitative estimate of drug-likeness (QED) is 0.0386. The highest BCUT2D eigenvalue weighted by molar-refractivity contribution is 9.10. The molecule has 0 unspecified atom stereocenters. The third-order valence-electron chi connectivity index (χ3n) is 18.6. The summed E-state index contributed by atoms with van der Waals surface area (Å²) in [7, 11) is -10.1. The van der Waals surface area contributed by atoms with Crippen LogP contribution in [-0.4, -0.2) is 128 Å². The summed E-state index contributed by atoms with van der Waals surface area (Å²) in [6.07, 6.45) is 0.648. The van der Waals surface area contributed by atoms with Crippen molar-refractivity contribution < 1.29 is 65.2 Å². The number of hydrogen-bond acceptors (Lipinski definition) is 15. The molecule has 4 heterocycles. The maximum atomic E-state index is 14.5. The number of carbonyl (C=O) groups excluding carboxylic acids is 1. The maximum Gasteiger partial charge on any atom is 0.434 e. The predicted molar refractivity (Wildman–Crippen MR) is 445 cm³/mol. The lowest BCUT2D eigenvalue weighted by Gasteiger charge is -2.15. The molecule has 0 aliphatic rings. The summed E-state index contributed by atoms with van der Waals surface area (Å²) in [6, 6.07) is 61.9. The molecule has 1 amide bonds. The molecule has 0 spiro atoms. The first-order chi connectivity index (χ1) is 55.7. The predicted octanol–water partition coefficient (Wildman–Crippen LogP) is 13.7. The van der Waals surface area contributed by atoms with Crippen LogP contribution in [0.3, 0.4) is 0 Å². The van der Waals surface area contributed by atoms with Crippen molar-refractivity contribution in [1.29, 1.82) is 0 Å². The summed E-state index contributed by atoms with van der Waals surface area (Å²) in [5, 5.41) is 20.6. The molecule has 0 saturated carbocycles. The average molecular weight is 1750 g/mol.